The van der Waals surface area contributed by atoms with Crippen LogP contribution in [0.3, 0.4) is 0 Å². The van der Waals surface area contributed by atoms with E-state index in [1.54, 1.807) is 24.3 Å². The molecule has 2 N–H and O–H groups in total. The number of amides is 1. The van der Waals surface area contributed by atoms with Crippen molar-refractivity contribution < 1.29 is 23.8 Å². The third kappa shape index (κ3) is 4.63. The van der Waals surface area contributed by atoms with Crippen molar-refractivity contribution in [2.45, 2.75) is 0 Å². The molecule has 7 heteroatoms. The number of carboxylic acids is 1. The number of para-hydroxylation sites is 1. The van der Waals surface area contributed by atoms with E-state index >= 15 is 0 Å². The molecule has 23 heavy (non-hydrogen) atoms. The Bertz CT molecular complexity index is 746. The number of benzene rings is 2. The van der Waals surface area contributed by atoms with Gasteiger partial charge in [-0.15, -0.1) is 0 Å². The van der Waals surface area contributed by atoms with Crippen molar-refractivity contribution in [2.75, 3.05) is 6.61 Å². The van der Waals surface area contributed by atoms with Gasteiger partial charge in [-0.05, 0) is 24.3 Å². The lowest BCUT2D eigenvalue weighted by Gasteiger charge is -2.06. The fourth-order valence-corrected chi connectivity index (χ4v) is 1.72. The van der Waals surface area contributed by atoms with Crippen molar-refractivity contribution in [3.05, 3.63) is 65.5 Å². The Kier molecular flexibility index (Phi) is 5.40. The van der Waals surface area contributed by atoms with Crippen LogP contribution in [0.25, 0.3) is 0 Å². The summed E-state index contributed by atoms with van der Waals surface area (Å²) in [4.78, 5) is 22.3. The molecular weight excluding hydrogens is 303 g/mol. The molecule has 1 amide bonds. The van der Waals surface area contributed by atoms with Crippen LogP contribution in [0.2, 0.25) is 0 Å². The molecule has 2 aromatic carbocycles. The third-order valence-corrected chi connectivity index (χ3v) is 2.76. The molecule has 0 atom stereocenters. The normalized spacial score (nSPS) is 10.5. The second kappa shape index (κ2) is 7.69. The highest BCUT2D eigenvalue weighted by Crippen LogP contribution is 2.15. The number of nitrogens with zero attached hydrogens (tertiary/aromatic N) is 1. The fourth-order valence-electron chi connectivity index (χ4n) is 1.72. The Hall–Kier alpha value is -3.22. The molecule has 0 saturated carbocycles. The number of halogens is 1. The van der Waals surface area contributed by atoms with Gasteiger partial charge in [-0.2, -0.15) is 5.10 Å². The molecule has 0 heterocycles. The van der Waals surface area contributed by atoms with Gasteiger partial charge in [-0.25, -0.2) is 14.6 Å². The minimum atomic E-state index is -1.11. The average molecular weight is 316 g/mol. The van der Waals surface area contributed by atoms with Gasteiger partial charge in [0.2, 0.25) is 0 Å². The van der Waals surface area contributed by atoms with Crippen LogP contribution in [-0.2, 0) is 4.79 Å². The van der Waals surface area contributed by atoms with Gasteiger partial charge in [0.1, 0.15) is 11.6 Å². The van der Waals surface area contributed by atoms with Gasteiger partial charge in [0.15, 0.2) is 6.61 Å². The largest absolute Gasteiger partial charge is 0.481 e. The van der Waals surface area contributed by atoms with E-state index in [0.29, 0.717) is 11.3 Å². The summed E-state index contributed by atoms with van der Waals surface area (Å²) in [7, 11) is 0. The summed E-state index contributed by atoms with van der Waals surface area (Å²) in [5.74, 6) is -2.14. The van der Waals surface area contributed by atoms with Gasteiger partial charge >= 0.3 is 5.97 Å². The molecule has 0 saturated heterocycles. The van der Waals surface area contributed by atoms with E-state index < -0.39 is 24.3 Å². The van der Waals surface area contributed by atoms with Crippen molar-refractivity contribution in [3.8, 4) is 5.75 Å². The van der Waals surface area contributed by atoms with E-state index in [9.17, 15) is 14.0 Å². The highest BCUT2D eigenvalue weighted by molar-refractivity contribution is 5.95. The van der Waals surface area contributed by atoms with E-state index in [-0.39, 0.29) is 5.56 Å². The maximum absolute atomic E-state index is 13.4. The number of hydrogen-bond donors (Lipinski definition) is 2. The monoisotopic (exact) mass is 316 g/mol. The average Bonchev–Trinajstić information content (AvgIpc) is 2.54. The second-order valence-electron chi connectivity index (χ2n) is 4.40. The number of hydrogen-bond acceptors (Lipinski definition) is 4. The van der Waals surface area contributed by atoms with Crippen LogP contribution in [0.5, 0.6) is 5.75 Å². The lowest BCUT2D eigenvalue weighted by Crippen LogP contribution is -2.19. The molecule has 0 bridgehead atoms. The smallest absolute Gasteiger partial charge is 0.341 e. The van der Waals surface area contributed by atoms with Crippen molar-refractivity contribution in [3.63, 3.8) is 0 Å². The van der Waals surface area contributed by atoms with Gasteiger partial charge in [-0.3, -0.25) is 4.79 Å². The van der Waals surface area contributed by atoms with Crippen LogP contribution in [0.15, 0.2) is 53.6 Å². The van der Waals surface area contributed by atoms with Crippen LogP contribution in [0.4, 0.5) is 4.39 Å². The number of ether oxygens (including phenoxy) is 1. The Morgan fingerprint density at radius 2 is 1.87 bits per heavy atom. The number of nitrogens with one attached hydrogen (secondary N) is 1. The van der Waals surface area contributed by atoms with Gasteiger partial charge in [0, 0.05) is 5.56 Å². The van der Waals surface area contributed by atoms with Crippen molar-refractivity contribution in [1.29, 1.82) is 0 Å². The summed E-state index contributed by atoms with van der Waals surface area (Å²) in [6, 6.07) is 12.1. The van der Waals surface area contributed by atoms with Crippen molar-refractivity contribution in [2.24, 2.45) is 5.10 Å². The Morgan fingerprint density at radius 1 is 1.17 bits per heavy atom. The zero-order valence-corrected chi connectivity index (χ0v) is 11.9. The van der Waals surface area contributed by atoms with E-state index in [1.807, 2.05) is 0 Å². The summed E-state index contributed by atoms with van der Waals surface area (Å²) in [5.41, 5.74) is 2.55. The zero-order chi connectivity index (χ0) is 16.7. The van der Waals surface area contributed by atoms with Gasteiger partial charge in [0.05, 0.1) is 11.8 Å². The lowest BCUT2D eigenvalue weighted by molar-refractivity contribution is -0.139. The molecule has 0 radical (unpaired) electrons. The molecule has 0 aliphatic heterocycles. The first-order valence-electron chi connectivity index (χ1n) is 6.59. The predicted octanol–water partition coefficient (Wildman–Crippen LogP) is 2.05. The van der Waals surface area contributed by atoms with E-state index in [0.717, 1.165) is 0 Å². The lowest BCUT2D eigenvalue weighted by atomic mass is 10.2. The topological polar surface area (TPSA) is 88.0 Å². The number of carboxylic acid groups (broad SMARTS) is 1. The first-order valence-corrected chi connectivity index (χ1v) is 6.59. The maximum atomic E-state index is 13.4. The zero-order valence-electron chi connectivity index (χ0n) is 11.9. The highest BCUT2D eigenvalue weighted by atomic mass is 19.1. The third-order valence-electron chi connectivity index (χ3n) is 2.76. The molecule has 2 rings (SSSR count). The maximum Gasteiger partial charge on any atom is 0.341 e. The number of rotatable bonds is 6. The van der Waals surface area contributed by atoms with Crippen molar-refractivity contribution >= 4 is 18.1 Å². The van der Waals surface area contributed by atoms with Gasteiger partial charge in [0.25, 0.3) is 5.91 Å². The Labute approximate surface area is 131 Å². The van der Waals surface area contributed by atoms with Crippen LogP contribution in [-0.4, -0.2) is 29.8 Å². The molecule has 0 aliphatic carbocycles. The molecule has 2 aromatic rings. The molecule has 0 spiro atoms. The summed E-state index contributed by atoms with van der Waals surface area (Å²) in [6.45, 7) is -0.494. The van der Waals surface area contributed by atoms with Crippen LogP contribution in [0.1, 0.15) is 15.9 Å². The van der Waals surface area contributed by atoms with Crippen molar-refractivity contribution in [1.82, 2.24) is 5.43 Å². The molecule has 0 aromatic heterocycles. The first kappa shape index (κ1) is 16.2. The SMILES string of the molecule is O=C(O)COc1ccccc1C=NNC(=O)c1ccccc1F. The van der Waals surface area contributed by atoms with E-state index in [1.165, 1.54) is 30.5 Å². The summed E-state index contributed by atoms with van der Waals surface area (Å²) < 4.78 is 18.5. The number of carbonyl (C=O) groups is 2. The van der Waals surface area contributed by atoms with E-state index in [2.05, 4.69) is 10.5 Å². The van der Waals surface area contributed by atoms with Gasteiger partial charge in [-0.1, -0.05) is 24.3 Å². The van der Waals surface area contributed by atoms with E-state index in [4.69, 9.17) is 9.84 Å². The number of hydrazone groups is 1. The molecule has 0 fully saturated rings. The van der Waals surface area contributed by atoms with Crippen LogP contribution < -0.4 is 10.2 Å². The number of carbonyl (C=O) groups excluding carboxylic acids is 1. The van der Waals surface area contributed by atoms with Crippen LogP contribution in [0, 0.1) is 5.82 Å². The molecule has 0 aliphatic rings. The quantitative estimate of drug-likeness (QED) is 0.630. The van der Waals surface area contributed by atoms with Gasteiger partial charge < -0.3 is 9.84 Å². The minimum absolute atomic E-state index is 0.125. The summed E-state index contributed by atoms with van der Waals surface area (Å²) in [5, 5.41) is 12.3. The van der Waals surface area contributed by atoms with Crippen LogP contribution >= 0.6 is 0 Å². The highest BCUT2D eigenvalue weighted by Gasteiger charge is 2.09. The Morgan fingerprint density at radius 3 is 2.61 bits per heavy atom. The Balaban J connectivity index is 2.05. The molecule has 0 unspecified atom stereocenters. The second-order valence-corrected chi connectivity index (χ2v) is 4.40. The minimum Gasteiger partial charge on any atom is -0.481 e. The fraction of sp³-hybridized carbons (Fsp3) is 0.0625. The summed E-state index contributed by atoms with van der Waals surface area (Å²) in [6.07, 6.45) is 1.29. The first-order chi connectivity index (χ1) is 11.1. The molecular formula is C16H13FN2O4. The molecule has 118 valence electrons. The standard InChI is InChI=1S/C16H13FN2O4/c17-13-7-3-2-6-12(13)16(22)19-18-9-11-5-1-4-8-14(11)23-10-15(20)21/h1-9H,10H2,(H,19,22)(H,20,21). The number of aliphatic carboxylic acids is 1. The summed E-state index contributed by atoms with van der Waals surface area (Å²) >= 11 is 0. The molecule has 6 nitrogen and oxygen atoms in total. The predicted molar refractivity (Wildman–Crippen MR) is 81.0 cm³/mol.